The highest BCUT2D eigenvalue weighted by Crippen LogP contribution is 2.28. The minimum absolute atomic E-state index is 0.0763. The number of anilines is 1. The van der Waals surface area contributed by atoms with Crippen LogP contribution in [0.4, 0.5) is 5.82 Å². The van der Waals surface area contributed by atoms with Gasteiger partial charge in [-0.25, -0.2) is 9.97 Å². The highest BCUT2D eigenvalue weighted by Gasteiger charge is 2.29. The summed E-state index contributed by atoms with van der Waals surface area (Å²) in [5.74, 6) is 1.21. The molecular formula is C17H28N4O2. The van der Waals surface area contributed by atoms with Gasteiger partial charge in [0.05, 0.1) is 18.8 Å². The van der Waals surface area contributed by atoms with Gasteiger partial charge in [-0.2, -0.15) is 0 Å². The highest BCUT2D eigenvalue weighted by atomic mass is 16.5. The first-order valence-corrected chi connectivity index (χ1v) is 8.04. The average Bonchev–Trinajstić information content (AvgIpc) is 2.45. The Morgan fingerprint density at radius 2 is 1.87 bits per heavy atom. The minimum Gasteiger partial charge on any atom is -0.367 e. The van der Waals surface area contributed by atoms with Crippen molar-refractivity contribution >= 4 is 11.7 Å². The fourth-order valence-corrected chi connectivity index (χ4v) is 2.35. The van der Waals surface area contributed by atoms with Crippen molar-refractivity contribution in [2.24, 2.45) is 5.73 Å². The normalized spacial score (nSPS) is 19.7. The van der Waals surface area contributed by atoms with E-state index in [1.165, 1.54) is 0 Å². The fraction of sp³-hybridized carbons (Fsp3) is 0.706. The maximum atomic E-state index is 11.4. The van der Waals surface area contributed by atoms with Crippen LogP contribution in [0.15, 0.2) is 6.07 Å². The Kier molecular flexibility index (Phi) is 4.66. The van der Waals surface area contributed by atoms with Gasteiger partial charge in [0.15, 0.2) is 6.10 Å². The Hall–Kier alpha value is -1.69. The second kappa shape index (κ2) is 6.07. The van der Waals surface area contributed by atoms with Crippen LogP contribution in [0.25, 0.3) is 0 Å². The molecular weight excluding hydrogens is 292 g/mol. The van der Waals surface area contributed by atoms with E-state index in [4.69, 9.17) is 20.4 Å². The largest absolute Gasteiger partial charge is 0.367 e. The van der Waals surface area contributed by atoms with Crippen LogP contribution in [0.1, 0.15) is 53.1 Å². The lowest BCUT2D eigenvalue weighted by Gasteiger charge is -2.34. The molecule has 0 aliphatic carbocycles. The van der Waals surface area contributed by atoms with E-state index < -0.39 is 12.0 Å². The summed E-state index contributed by atoms with van der Waals surface area (Å²) in [6.07, 6.45) is -0.588. The Morgan fingerprint density at radius 1 is 1.22 bits per heavy atom. The standard InChI is InChI=1S/C17H28N4O2/c1-16(2,3)12-9-13(20-15(19-12)17(4,5)6)21-7-8-23-11(10-21)14(18)22/h9,11H,7-8,10H2,1-6H3,(H2,18,22)/t11-/m0/s1. The molecule has 0 spiro atoms. The molecule has 2 heterocycles. The quantitative estimate of drug-likeness (QED) is 0.898. The number of rotatable bonds is 2. The molecule has 1 amide bonds. The van der Waals surface area contributed by atoms with Crippen molar-refractivity contribution in [3.8, 4) is 0 Å². The first-order valence-electron chi connectivity index (χ1n) is 8.04. The molecule has 1 saturated heterocycles. The Balaban J connectivity index is 2.43. The zero-order valence-electron chi connectivity index (χ0n) is 15.0. The molecule has 0 saturated carbocycles. The number of ether oxygens (including phenoxy) is 1. The molecule has 0 bridgehead atoms. The van der Waals surface area contributed by atoms with E-state index >= 15 is 0 Å². The Bertz CT molecular complexity index is 555. The summed E-state index contributed by atoms with van der Waals surface area (Å²) in [6, 6.07) is 2.01. The van der Waals surface area contributed by atoms with Gasteiger partial charge in [-0.1, -0.05) is 41.5 Å². The number of carbonyl (C=O) groups is 1. The Labute approximate surface area is 138 Å². The number of aromatic nitrogens is 2. The molecule has 1 aliphatic heterocycles. The van der Waals surface area contributed by atoms with Gasteiger partial charge < -0.3 is 15.4 Å². The van der Waals surface area contributed by atoms with Crippen LogP contribution in [0, 0.1) is 0 Å². The van der Waals surface area contributed by atoms with Gasteiger partial charge in [0.1, 0.15) is 11.6 Å². The number of morpholine rings is 1. The molecule has 1 aromatic heterocycles. The molecule has 1 fully saturated rings. The fourth-order valence-electron chi connectivity index (χ4n) is 2.35. The lowest BCUT2D eigenvalue weighted by atomic mass is 9.90. The van der Waals surface area contributed by atoms with Gasteiger partial charge in [0.25, 0.3) is 0 Å². The number of nitrogens with zero attached hydrogens (tertiary/aromatic N) is 3. The number of carbonyl (C=O) groups excluding carboxylic acids is 1. The van der Waals surface area contributed by atoms with Gasteiger partial charge in [-0.3, -0.25) is 4.79 Å². The summed E-state index contributed by atoms with van der Waals surface area (Å²) >= 11 is 0. The summed E-state index contributed by atoms with van der Waals surface area (Å²) < 4.78 is 5.43. The van der Waals surface area contributed by atoms with Crippen molar-refractivity contribution in [3.63, 3.8) is 0 Å². The number of primary amides is 1. The SMILES string of the molecule is CC(C)(C)c1cc(N2CCO[C@H](C(N)=O)C2)nc(C(C)(C)C)n1. The van der Waals surface area contributed by atoms with Crippen molar-refractivity contribution in [1.82, 2.24) is 9.97 Å². The molecule has 2 N–H and O–H groups in total. The lowest BCUT2D eigenvalue weighted by molar-refractivity contribution is -0.130. The lowest BCUT2D eigenvalue weighted by Crippen LogP contribution is -2.49. The second-order valence-corrected chi connectivity index (χ2v) is 8.14. The summed E-state index contributed by atoms with van der Waals surface area (Å²) in [7, 11) is 0. The van der Waals surface area contributed by atoms with E-state index in [1.54, 1.807) is 0 Å². The second-order valence-electron chi connectivity index (χ2n) is 8.14. The van der Waals surface area contributed by atoms with Crippen molar-refractivity contribution < 1.29 is 9.53 Å². The van der Waals surface area contributed by atoms with E-state index in [0.29, 0.717) is 19.7 Å². The van der Waals surface area contributed by atoms with Crippen molar-refractivity contribution in [2.75, 3.05) is 24.6 Å². The van der Waals surface area contributed by atoms with Crippen LogP contribution in [0.5, 0.6) is 0 Å². The summed E-state index contributed by atoms with van der Waals surface area (Å²) in [5, 5.41) is 0. The maximum Gasteiger partial charge on any atom is 0.248 e. The van der Waals surface area contributed by atoms with Crippen LogP contribution in [-0.2, 0) is 20.4 Å². The zero-order chi connectivity index (χ0) is 17.4. The number of nitrogens with two attached hydrogens (primary N) is 1. The molecule has 1 aromatic rings. The molecule has 23 heavy (non-hydrogen) atoms. The average molecular weight is 320 g/mol. The van der Waals surface area contributed by atoms with Gasteiger partial charge in [-0.05, 0) is 0 Å². The van der Waals surface area contributed by atoms with Gasteiger partial charge >= 0.3 is 0 Å². The van der Waals surface area contributed by atoms with Gasteiger partial charge in [0.2, 0.25) is 5.91 Å². The summed E-state index contributed by atoms with van der Waals surface area (Å²) in [6.45, 7) is 14.3. The van der Waals surface area contributed by atoms with Crippen LogP contribution in [0.2, 0.25) is 0 Å². The summed E-state index contributed by atoms with van der Waals surface area (Å²) in [5.41, 5.74) is 6.15. The molecule has 2 rings (SSSR count). The van der Waals surface area contributed by atoms with Gasteiger partial charge in [0, 0.05) is 23.4 Å². The van der Waals surface area contributed by atoms with E-state index in [2.05, 4.69) is 46.4 Å². The molecule has 0 radical (unpaired) electrons. The zero-order valence-corrected chi connectivity index (χ0v) is 15.0. The molecule has 1 atom stereocenters. The highest BCUT2D eigenvalue weighted by molar-refractivity contribution is 5.79. The Morgan fingerprint density at radius 3 is 2.39 bits per heavy atom. The molecule has 0 unspecified atom stereocenters. The number of hydrogen-bond acceptors (Lipinski definition) is 5. The molecule has 0 aromatic carbocycles. The van der Waals surface area contributed by atoms with Gasteiger partial charge in [-0.15, -0.1) is 0 Å². The third-order valence-electron chi connectivity index (χ3n) is 3.86. The van der Waals surface area contributed by atoms with E-state index in [0.717, 1.165) is 17.3 Å². The molecule has 1 aliphatic rings. The third-order valence-corrected chi connectivity index (χ3v) is 3.86. The van der Waals surface area contributed by atoms with Crippen molar-refractivity contribution in [2.45, 2.75) is 58.5 Å². The topological polar surface area (TPSA) is 81.3 Å². The molecule has 6 nitrogen and oxygen atoms in total. The molecule has 6 heteroatoms. The maximum absolute atomic E-state index is 11.4. The van der Waals surface area contributed by atoms with E-state index in [9.17, 15) is 4.79 Å². The first kappa shape index (κ1) is 17.7. The third kappa shape index (κ3) is 4.19. The molecule has 128 valence electrons. The van der Waals surface area contributed by atoms with Crippen LogP contribution < -0.4 is 10.6 Å². The van der Waals surface area contributed by atoms with Crippen LogP contribution in [0.3, 0.4) is 0 Å². The van der Waals surface area contributed by atoms with E-state index in [-0.39, 0.29) is 10.8 Å². The van der Waals surface area contributed by atoms with Crippen molar-refractivity contribution in [1.29, 1.82) is 0 Å². The monoisotopic (exact) mass is 320 g/mol. The summed E-state index contributed by atoms with van der Waals surface area (Å²) in [4.78, 5) is 23.0. The minimum atomic E-state index is -0.588. The predicted octanol–water partition coefficient (Wildman–Crippen LogP) is 1.76. The number of hydrogen-bond donors (Lipinski definition) is 1. The van der Waals surface area contributed by atoms with Crippen molar-refractivity contribution in [3.05, 3.63) is 17.6 Å². The van der Waals surface area contributed by atoms with Crippen LogP contribution >= 0.6 is 0 Å². The van der Waals surface area contributed by atoms with E-state index in [1.807, 2.05) is 6.07 Å². The van der Waals surface area contributed by atoms with Crippen LogP contribution in [-0.4, -0.2) is 41.7 Å². The predicted molar refractivity (Wildman–Crippen MR) is 90.6 cm³/mol. The number of amides is 1. The first-order chi connectivity index (χ1) is 10.5. The smallest absolute Gasteiger partial charge is 0.248 e.